The summed E-state index contributed by atoms with van der Waals surface area (Å²) in [5.74, 6) is -1.11. The Labute approximate surface area is 148 Å². The molecule has 2 aromatic carbocycles. The summed E-state index contributed by atoms with van der Waals surface area (Å²) in [5.41, 5.74) is 2.82. The van der Waals surface area contributed by atoms with Crippen LogP contribution in [0.1, 0.15) is 21.5 Å². The number of rotatable bonds is 7. The fraction of sp³-hybridized carbons (Fsp3) is 0.167. The maximum atomic E-state index is 11.5. The maximum absolute atomic E-state index is 11.5. The summed E-state index contributed by atoms with van der Waals surface area (Å²) in [4.78, 5) is 29.7. The van der Waals surface area contributed by atoms with E-state index in [1.807, 2.05) is 30.5 Å². The fourth-order valence-electron chi connectivity index (χ4n) is 2.86. The third-order valence-corrected chi connectivity index (χ3v) is 4.10. The first kappa shape index (κ1) is 17.3. The molecule has 26 heavy (non-hydrogen) atoms. The summed E-state index contributed by atoms with van der Waals surface area (Å²) in [5, 5.41) is 23.2. The number of carbonyl (C=O) groups is 1. The lowest BCUT2D eigenvalue weighted by Crippen LogP contribution is -2.12. The van der Waals surface area contributed by atoms with E-state index >= 15 is 0 Å². The van der Waals surface area contributed by atoms with Crippen molar-refractivity contribution in [2.75, 3.05) is 11.9 Å². The van der Waals surface area contributed by atoms with E-state index in [-0.39, 0.29) is 17.0 Å². The number of hydrogen-bond acceptors (Lipinski definition) is 5. The molecule has 1 aromatic heterocycles. The number of hydrogen-bond donors (Lipinski definition) is 3. The van der Waals surface area contributed by atoms with Crippen LogP contribution in [0.5, 0.6) is 5.75 Å². The van der Waals surface area contributed by atoms with Crippen molar-refractivity contribution in [1.29, 1.82) is 0 Å². The number of aromatic nitrogens is 1. The van der Waals surface area contributed by atoms with Crippen molar-refractivity contribution in [2.45, 2.75) is 13.3 Å². The van der Waals surface area contributed by atoms with Crippen molar-refractivity contribution in [3.63, 3.8) is 0 Å². The Balaban J connectivity index is 1.79. The van der Waals surface area contributed by atoms with Crippen LogP contribution < -0.4 is 10.2 Å². The molecule has 8 nitrogen and oxygen atoms in total. The number of nitrogens with zero attached hydrogens (tertiary/aromatic N) is 1. The first-order valence-corrected chi connectivity index (χ1v) is 7.95. The molecule has 0 atom stereocenters. The number of para-hydroxylation sites is 1. The number of nitrogens with one attached hydrogen (secondary N) is 2. The standard InChI is InChI=1S/C18H17N3O5/c1-11-8-14(18(22)23)16(9-17(11)26-21(24)25)19-7-6-12-10-20-15-5-3-2-4-13(12)15/h2-5,8-10,19-20H,6-7H2,1H3,(H,22,23). The smallest absolute Gasteiger partial charge is 0.337 e. The van der Waals surface area contributed by atoms with Gasteiger partial charge in [-0.1, -0.05) is 18.2 Å². The largest absolute Gasteiger partial charge is 0.478 e. The van der Waals surface area contributed by atoms with Crippen LogP contribution in [0.15, 0.2) is 42.6 Å². The van der Waals surface area contributed by atoms with E-state index < -0.39 is 11.1 Å². The molecule has 0 spiro atoms. The molecule has 0 aliphatic carbocycles. The second kappa shape index (κ2) is 7.14. The second-order valence-corrected chi connectivity index (χ2v) is 5.82. The number of carboxylic acid groups (broad SMARTS) is 1. The number of benzene rings is 2. The van der Waals surface area contributed by atoms with Gasteiger partial charge in [0.1, 0.15) is 5.75 Å². The molecular weight excluding hydrogens is 338 g/mol. The van der Waals surface area contributed by atoms with E-state index in [2.05, 4.69) is 15.1 Å². The Kier molecular flexibility index (Phi) is 4.74. The van der Waals surface area contributed by atoms with Gasteiger partial charge in [-0.25, -0.2) is 4.79 Å². The minimum absolute atomic E-state index is 0.00888. The topological polar surface area (TPSA) is 117 Å². The third kappa shape index (κ3) is 3.59. The van der Waals surface area contributed by atoms with Crippen molar-refractivity contribution in [3.8, 4) is 5.75 Å². The highest BCUT2D eigenvalue weighted by Gasteiger charge is 2.15. The number of H-pyrrole nitrogens is 1. The molecule has 3 rings (SSSR count). The summed E-state index contributed by atoms with van der Waals surface area (Å²) < 4.78 is 0. The number of carboxylic acids is 1. The molecule has 134 valence electrons. The first-order chi connectivity index (χ1) is 12.5. The number of aromatic amines is 1. The molecular formula is C18H17N3O5. The van der Waals surface area contributed by atoms with Gasteiger partial charge in [0.15, 0.2) is 0 Å². The van der Waals surface area contributed by atoms with Gasteiger partial charge in [0.2, 0.25) is 0 Å². The normalized spacial score (nSPS) is 10.7. The number of fused-ring (bicyclic) bond motifs is 1. The molecule has 0 saturated carbocycles. The SMILES string of the molecule is Cc1cc(C(=O)O)c(NCCc2c[nH]c3ccccc23)cc1O[N+](=O)[O-]. The molecule has 3 aromatic rings. The average Bonchev–Trinajstić information content (AvgIpc) is 3.00. The van der Waals surface area contributed by atoms with Crippen LogP contribution in [0.3, 0.4) is 0 Å². The molecule has 1 heterocycles. The van der Waals surface area contributed by atoms with Crippen molar-refractivity contribution in [2.24, 2.45) is 0 Å². The van der Waals surface area contributed by atoms with E-state index in [0.717, 1.165) is 16.5 Å². The van der Waals surface area contributed by atoms with E-state index in [1.165, 1.54) is 12.1 Å². The summed E-state index contributed by atoms with van der Waals surface area (Å²) in [6, 6.07) is 10.6. The van der Waals surface area contributed by atoms with Crippen molar-refractivity contribution in [3.05, 3.63) is 69.4 Å². The summed E-state index contributed by atoms with van der Waals surface area (Å²) >= 11 is 0. The van der Waals surface area contributed by atoms with Gasteiger partial charge >= 0.3 is 5.97 Å². The van der Waals surface area contributed by atoms with Crippen LogP contribution in [-0.2, 0) is 6.42 Å². The molecule has 0 aliphatic rings. The fourth-order valence-corrected chi connectivity index (χ4v) is 2.86. The van der Waals surface area contributed by atoms with Gasteiger partial charge in [0.05, 0.1) is 11.3 Å². The molecule has 3 N–H and O–H groups in total. The number of anilines is 1. The summed E-state index contributed by atoms with van der Waals surface area (Å²) in [7, 11) is 0. The predicted octanol–water partition coefficient (Wildman–Crippen LogP) is 3.40. The molecule has 0 amide bonds. The van der Waals surface area contributed by atoms with Crippen LogP contribution >= 0.6 is 0 Å². The van der Waals surface area contributed by atoms with Gasteiger partial charge in [-0.15, -0.1) is 10.1 Å². The van der Waals surface area contributed by atoms with E-state index in [0.29, 0.717) is 18.5 Å². The maximum Gasteiger partial charge on any atom is 0.337 e. The van der Waals surface area contributed by atoms with Crippen molar-refractivity contribution < 1.29 is 19.8 Å². The van der Waals surface area contributed by atoms with Gasteiger partial charge in [-0.05, 0) is 42.7 Å². The Morgan fingerprint density at radius 2 is 2.12 bits per heavy atom. The zero-order valence-electron chi connectivity index (χ0n) is 14.0. The monoisotopic (exact) mass is 355 g/mol. The molecule has 0 unspecified atom stereocenters. The highest BCUT2D eigenvalue weighted by molar-refractivity contribution is 5.95. The van der Waals surface area contributed by atoms with E-state index in [1.54, 1.807) is 6.92 Å². The van der Waals surface area contributed by atoms with Crippen LogP contribution in [0.4, 0.5) is 5.69 Å². The Morgan fingerprint density at radius 3 is 2.85 bits per heavy atom. The van der Waals surface area contributed by atoms with Crippen LogP contribution in [0, 0.1) is 17.0 Å². The average molecular weight is 355 g/mol. The zero-order valence-corrected chi connectivity index (χ0v) is 14.0. The summed E-state index contributed by atoms with van der Waals surface area (Å²) in [6.45, 7) is 2.02. The second-order valence-electron chi connectivity index (χ2n) is 5.82. The Morgan fingerprint density at radius 1 is 1.35 bits per heavy atom. The first-order valence-electron chi connectivity index (χ1n) is 7.95. The van der Waals surface area contributed by atoms with Gasteiger partial charge in [-0.3, -0.25) is 4.84 Å². The van der Waals surface area contributed by atoms with Crippen molar-refractivity contribution >= 4 is 22.6 Å². The van der Waals surface area contributed by atoms with Gasteiger partial charge in [0, 0.05) is 23.6 Å². The summed E-state index contributed by atoms with van der Waals surface area (Å²) in [6.07, 6.45) is 2.57. The minimum Gasteiger partial charge on any atom is -0.478 e. The highest BCUT2D eigenvalue weighted by Crippen LogP contribution is 2.27. The number of aromatic carboxylic acids is 1. The molecule has 0 radical (unpaired) electrons. The van der Waals surface area contributed by atoms with Crippen LogP contribution in [-0.4, -0.2) is 27.7 Å². The van der Waals surface area contributed by atoms with E-state index in [4.69, 9.17) is 0 Å². The lowest BCUT2D eigenvalue weighted by molar-refractivity contribution is -0.711. The molecule has 0 saturated heterocycles. The zero-order chi connectivity index (χ0) is 18.7. The van der Waals surface area contributed by atoms with Crippen molar-refractivity contribution in [1.82, 2.24) is 4.98 Å². The molecule has 8 heteroatoms. The van der Waals surface area contributed by atoms with Gasteiger partial charge < -0.3 is 15.4 Å². The Bertz CT molecular complexity index is 980. The lowest BCUT2D eigenvalue weighted by Gasteiger charge is -2.13. The van der Waals surface area contributed by atoms with Crippen LogP contribution in [0.2, 0.25) is 0 Å². The van der Waals surface area contributed by atoms with Crippen LogP contribution in [0.25, 0.3) is 10.9 Å². The van der Waals surface area contributed by atoms with Gasteiger partial charge in [0.25, 0.3) is 5.09 Å². The van der Waals surface area contributed by atoms with Gasteiger partial charge in [-0.2, -0.15) is 0 Å². The molecule has 0 fully saturated rings. The predicted molar refractivity (Wildman–Crippen MR) is 96.3 cm³/mol. The Hall–Kier alpha value is -3.55. The third-order valence-electron chi connectivity index (χ3n) is 4.10. The van der Waals surface area contributed by atoms with E-state index in [9.17, 15) is 20.0 Å². The number of aryl methyl sites for hydroxylation is 1. The molecule has 0 bridgehead atoms. The minimum atomic E-state index is -1.12. The highest BCUT2D eigenvalue weighted by atomic mass is 17.0. The molecule has 0 aliphatic heterocycles. The quantitative estimate of drug-likeness (QED) is 0.442. The lowest BCUT2D eigenvalue weighted by atomic mass is 10.1.